The van der Waals surface area contributed by atoms with Gasteiger partial charge in [0.1, 0.15) is 17.2 Å². The third-order valence-electron chi connectivity index (χ3n) is 3.81. The van der Waals surface area contributed by atoms with Gasteiger partial charge >= 0.3 is 0 Å². The molecule has 90 valence electrons. The van der Waals surface area contributed by atoms with Gasteiger partial charge in [0.25, 0.3) is 0 Å². The molecular formula is C13H19FO2. The highest BCUT2D eigenvalue weighted by Crippen LogP contribution is 2.46. The van der Waals surface area contributed by atoms with Crippen molar-refractivity contribution in [2.24, 2.45) is 5.92 Å². The van der Waals surface area contributed by atoms with Crippen molar-refractivity contribution in [2.45, 2.75) is 45.1 Å². The van der Waals surface area contributed by atoms with Gasteiger partial charge in [-0.15, -0.1) is 0 Å². The van der Waals surface area contributed by atoms with E-state index in [1.165, 1.54) is 0 Å². The van der Waals surface area contributed by atoms with Crippen molar-refractivity contribution in [3.8, 4) is 0 Å². The number of aliphatic hydroxyl groups is 1. The van der Waals surface area contributed by atoms with Crippen molar-refractivity contribution in [1.29, 1.82) is 0 Å². The molecule has 1 heterocycles. The minimum atomic E-state index is -0.181. The molecule has 0 saturated heterocycles. The zero-order chi connectivity index (χ0) is 11.8. The second-order valence-electron chi connectivity index (χ2n) is 4.73. The SMILES string of the molecule is CCC1(CC)CC2=C(O1)C(CO)CC(F)=C2. The summed E-state index contributed by atoms with van der Waals surface area (Å²) in [7, 11) is 0. The summed E-state index contributed by atoms with van der Waals surface area (Å²) in [5.74, 6) is 0.511. The lowest BCUT2D eigenvalue weighted by Crippen LogP contribution is -2.27. The fourth-order valence-electron chi connectivity index (χ4n) is 2.60. The van der Waals surface area contributed by atoms with Crippen LogP contribution in [0.2, 0.25) is 0 Å². The first kappa shape index (κ1) is 11.6. The highest BCUT2D eigenvalue weighted by atomic mass is 19.1. The second kappa shape index (κ2) is 4.21. The molecule has 16 heavy (non-hydrogen) atoms. The summed E-state index contributed by atoms with van der Waals surface area (Å²) in [5.41, 5.74) is 0.783. The van der Waals surface area contributed by atoms with Crippen LogP contribution < -0.4 is 0 Å². The van der Waals surface area contributed by atoms with Crippen molar-refractivity contribution >= 4 is 0 Å². The van der Waals surface area contributed by atoms with E-state index in [1.54, 1.807) is 6.08 Å². The highest BCUT2D eigenvalue weighted by molar-refractivity contribution is 5.35. The molecule has 1 unspecified atom stereocenters. The molecule has 2 nitrogen and oxygen atoms in total. The summed E-state index contributed by atoms with van der Waals surface area (Å²) in [6.07, 6.45) is 4.49. The first-order chi connectivity index (χ1) is 7.64. The Morgan fingerprint density at radius 2 is 2.19 bits per heavy atom. The first-order valence-corrected chi connectivity index (χ1v) is 6.03. The van der Waals surface area contributed by atoms with Crippen molar-refractivity contribution in [1.82, 2.24) is 0 Å². The number of allylic oxidation sites excluding steroid dienone is 2. The normalized spacial score (nSPS) is 27.5. The Morgan fingerprint density at radius 1 is 1.50 bits per heavy atom. The molecule has 1 aliphatic carbocycles. The van der Waals surface area contributed by atoms with Crippen LogP contribution in [0.4, 0.5) is 4.39 Å². The molecule has 2 aliphatic rings. The van der Waals surface area contributed by atoms with Gasteiger partial charge in [-0.3, -0.25) is 0 Å². The minimum Gasteiger partial charge on any atom is -0.491 e. The topological polar surface area (TPSA) is 29.5 Å². The Hall–Kier alpha value is -0.830. The van der Waals surface area contributed by atoms with Gasteiger partial charge in [-0.1, -0.05) is 13.8 Å². The van der Waals surface area contributed by atoms with E-state index in [2.05, 4.69) is 13.8 Å². The average molecular weight is 226 g/mol. The number of rotatable bonds is 3. The second-order valence-corrected chi connectivity index (χ2v) is 4.73. The molecule has 0 spiro atoms. The van der Waals surface area contributed by atoms with Gasteiger partial charge in [-0.25, -0.2) is 4.39 Å². The largest absolute Gasteiger partial charge is 0.491 e. The zero-order valence-corrected chi connectivity index (χ0v) is 9.92. The van der Waals surface area contributed by atoms with E-state index in [0.717, 1.165) is 30.6 Å². The standard InChI is InChI=1S/C13H19FO2/c1-3-13(4-2)7-9-5-11(14)6-10(8-15)12(9)16-13/h5,10,15H,3-4,6-8H2,1-2H3. The van der Waals surface area contributed by atoms with Crippen LogP contribution in [-0.2, 0) is 4.74 Å². The first-order valence-electron chi connectivity index (χ1n) is 6.03. The highest BCUT2D eigenvalue weighted by Gasteiger charge is 2.41. The number of hydrogen-bond donors (Lipinski definition) is 1. The Kier molecular flexibility index (Phi) is 3.06. The molecule has 0 aromatic rings. The maximum atomic E-state index is 13.4. The van der Waals surface area contributed by atoms with Crippen LogP contribution in [0.15, 0.2) is 23.2 Å². The van der Waals surface area contributed by atoms with Gasteiger partial charge in [0.15, 0.2) is 0 Å². The molecule has 0 amide bonds. The van der Waals surface area contributed by atoms with Crippen molar-refractivity contribution < 1.29 is 14.2 Å². The van der Waals surface area contributed by atoms with E-state index in [4.69, 9.17) is 4.74 Å². The summed E-state index contributed by atoms with van der Waals surface area (Å²) < 4.78 is 19.4. The van der Waals surface area contributed by atoms with Gasteiger partial charge in [-0.05, 0) is 24.5 Å². The van der Waals surface area contributed by atoms with E-state index >= 15 is 0 Å². The number of hydrogen-bond acceptors (Lipinski definition) is 2. The third kappa shape index (κ3) is 1.77. The summed E-state index contributed by atoms with van der Waals surface area (Å²) in [6, 6.07) is 0. The summed E-state index contributed by atoms with van der Waals surface area (Å²) in [5, 5.41) is 9.26. The van der Waals surface area contributed by atoms with Crippen molar-refractivity contribution in [3.63, 3.8) is 0 Å². The van der Waals surface area contributed by atoms with Crippen LogP contribution >= 0.6 is 0 Å². The van der Waals surface area contributed by atoms with E-state index in [0.29, 0.717) is 0 Å². The quantitative estimate of drug-likeness (QED) is 0.801. The molecule has 1 N–H and O–H groups in total. The van der Waals surface area contributed by atoms with Gasteiger partial charge in [-0.2, -0.15) is 0 Å². The van der Waals surface area contributed by atoms with Gasteiger partial charge in [0, 0.05) is 18.8 Å². The molecular weight excluding hydrogens is 207 g/mol. The fourth-order valence-corrected chi connectivity index (χ4v) is 2.60. The zero-order valence-electron chi connectivity index (χ0n) is 9.92. The number of aliphatic hydroxyl groups excluding tert-OH is 1. The maximum absolute atomic E-state index is 13.4. The molecule has 0 aromatic carbocycles. The lowest BCUT2D eigenvalue weighted by atomic mass is 9.88. The monoisotopic (exact) mass is 226 g/mol. The van der Waals surface area contributed by atoms with Gasteiger partial charge in [0.05, 0.1) is 6.61 Å². The van der Waals surface area contributed by atoms with E-state index in [-0.39, 0.29) is 30.4 Å². The number of ether oxygens (including phenoxy) is 1. The molecule has 0 fully saturated rings. The molecule has 1 aliphatic heterocycles. The third-order valence-corrected chi connectivity index (χ3v) is 3.81. The molecule has 1 atom stereocenters. The maximum Gasteiger partial charge on any atom is 0.112 e. The van der Waals surface area contributed by atoms with Crippen LogP contribution in [0.5, 0.6) is 0 Å². The van der Waals surface area contributed by atoms with E-state index in [1.807, 2.05) is 0 Å². The fraction of sp³-hybridized carbons (Fsp3) is 0.692. The Labute approximate surface area is 95.8 Å². The predicted octanol–water partition coefficient (Wildman–Crippen LogP) is 3.09. The van der Waals surface area contributed by atoms with Crippen molar-refractivity contribution in [2.75, 3.05) is 6.61 Å². The Morgan fingerprint density at radius 3 is 2.75 bits per heavy atom. The molecule has 0 bridgehead atoms. The molecule has 0 saturated carbocycles. The molecule has 0 radical (unpaired) electrons. The van der Waals surface area contributed by atoms with Crippen LogP contribution in [0.25, 0.3) is 0 Å². The van der Waals surface area contributed by atoms with Crippen LogP contribution in [0.1, 0.15) is 39.5 Å². The summed E-state index contributed by atoms with van der Waals surface area (Å²) in [6.45, 7) is 4.15. The molecule has 0 aromatic heterocycles. The van der Waals surface area contributed by atoms with Crippen LogP contribution in [-0.4, -0.2) is 17.3 Å². The predicted molar refractivity (Wildman–Crippen MR) is 60.4 cm³/mol. The van der Waals surface area contributed by atoms with Crippen LogP contribution in [0.3, 0.4) is 0 Å². The van der Waals surface area contributed by atoms with Crippen LogP contribution in [0, 0.1) is 5.92 Å². The smallest absolute Gasteiger partial charge is 0.112 e. The molecule has 3 heteroatoms. The van der Waals surface area contributed by atoms with E-state index in [9.17, 15) is 9.50 Å². The Balaban J connectivity index is 2.26. The van der Waals surface area contributed by atoms with Gasteiger partial charge in [0.2, 0.25) is 0 Å². The minimum absolute atomic E-state index is 0.0381. The van der Waals surface area contributed by atoms with Crippen molar-refractivity contribution in [3.05, 3.63) is 23.2 Å². The van der Waals surface area contributed by atoms with E-state index < -0.39 is 0 Å². The lowest BCUT2D eigenvalue weighted by molar-refractivity contribution is -0.000330. The van der Waals surface area contributed by atoms with Gasteiger partial charge < -0.3 is 9.84 Å². The summed E-state index contributed by atoms with van der Waals surface area (Å²) in [4.78, 5) is 0. The summed E-state index contributed by atoms with van der Waals surface area (Å²) >= 11 is 0. The molecule has 2 rings (SSSR count). The Bertz CT molecular complexity index is 340. The number of halogens is 1. The lowest BCUT2D eigenvalue weighted by Gasteiger charge is -2.29. The average Bonchev–Trinajstić information content (AvgIpc) is 2.67.